The molecule has 0 N–H and O–H groups in total. The largest absolute Gasteiger partial charge is 0.462 e. The van der Waals surface area contributed by atoms with Gasteiger partial charge in [0.25, 0.3) is 0 Å². The molecule has 0 fully saturated rings. The van der Waals surface area contributed by atoms with Crippen molar-refractivity contribution >= 4 is 17.9 Å². The van der Waals surface area contributed by atoms with Crippen molar-refractivity contribution < 1.29 is 28.6 Å². The first-order valence-corrected chi connectivity index (χ1v) is 22.3. The average Bonchev–Trinajstić information content (AvgIpc) is 3.11. The maximum absolute atomic E-state index is 12.7. The fraction of sp³-hybridized carbons (Fsp3) is 0.933. The van der Waals surface area contributed by atoms with Crippen molar-refractivity contribution in [2.24, 2.45) is 11.8 Å². The van der Waals surface area contributed by atoms with E-state index in [1.165, 1.54) is 128 Å². The van der Waals surface area contributed by atoms with E-state index in [0.29, 0.717) is 19.3 Å². The number of carbonyl (C=O) groups is 3. The van der Waals surface area contributed by atoms with Crippen molar-refractivity contribution in [1.82, 2.24) is 0 Å². The Morgan fingerprint density at radius 3 is 1.12 bits per heavy atom. The van der Waals surface area contributed by atoms with E-state index in [9.17, 15) is 14.4 Å². The Labute approximate surface area is 317 Å². The van der Waals surface area contributed by atoms with E-state index in [-0.39, 0.29) is 31.1 Å². The molecule has 6 heteroatoms. The first-order chi connectivity index (χ1) is 24.8. The van der Waals surface area contributed by atoms with Crippen LogP contribution in [0.1, 0.15) is 240 Å². The Balaban J connectivity index is 4.35. The van der Waals surface area contributed by atoms with Gasteiger partial charge in [0.05, 0.1) is 0 Å². The zero-order valence-corrected chi connectivity index (χ0v) is 34.7. The number of hydrogen-bond donors (Lipinski definition) is 0. The molecule has 0 radical (unpaired) electrons. The molecule has 0 aromatic heterocycles. The molecule has 1 unspecified atom stereocenters. The van der Waals surface area contributed by atoms with E-state index < -0.39 is 6.10 Å². The minimum atomic E-state index is -0.760. The van der Waals surface area contributed by atoms with Crippen molar-refractivity contribution in [2.75, 3.05) is 13.2 Å². The van der Waals surface area contributed by atoms with Crippen LogP contribution in [0.3, 0.4) is 0 Å². The van der Waals surface area contributed by atoms with Gasteiger partial charge in [0.2, 0.25) is 0 Å². The number of rotatable bonds is 39. The maximum Gasteiger partial charge on any atom is 0.306 e. The van der Waals surface area contributed by atoms with Gasteiger partial charge in [0, 0.05) is 19.3 Å². The van der Waals surface area contributed by atoms with Crippen LogP contribution < -0.4 is 0 Å². The molecule has 0 aliphatic heterocycles. The van der Waals surface area contributed by atoms with Gasteiger partial charge in [0.15, 0.2) is 6.10 Å². The number of carbonyl (C=O) groups excluding carboxylic acids is 3. The zero-order chi connectivity index (χ0) is 37.6. The predicted octanol–water partition coefficient (Wildman–Crippen LogP) is 13.8. The van der Waals surface area contributed by atoms with E-state index in [4.69, 9.17) is 14.2 Å². The van der Waals surface area contributed by atoms with Crippen LogP contribution >= 0.6 is 0 Å². The van der Waals surface area contributed by atoms with E-state index in [2.05, 4.69) is 34.6 Å². The van der Waals surface area contributed by atoms with E-state index in [1.54, 1.807) is 0 Å². The molecule has 0 bridgehead atoms. The summed E-state index contributed by atoms with van der Waals surface area (Å²) in [6.45, 7) is 11.3. The second-order valence-corrected chi connectivity index (χ2v) is 16.1. The molecule has 0 heterocycles. The summed E-state index contributed by atoms with van der Waals surface area (Å²) >= 11 is 0. The normalized spacial score (nSPS) is 12.6. The van der Waals surface area contributed by atoms with Crippen LogP contribution in [0.5, 0.6) is 0 Å². The second-order valence-electron chi connectivity index (χ2n) is 16.1. The van der Waals surface area contributed by atoms with Crippen molar-refractivity contribution in [2.45, 2.75) is 246 Å². The van der Waals surface area contributed by atoms with Gasteiger partial charge >= 0.3 is 17.9 Å². The first kappa shape index (κ1) is 49.4. The minimum Gasteiger partial charge on any atom is -0.462 e. The Kier molecular flexibility index (Phi) is 37.0. The molecule has 6 nitrogen and oxygen atoms in total. The van der Waals surface area contributed by atoms with Crippen molar-refractivity contribution in [3.8, 4) is 0 Å². The Morgan fingerprint density at radius 1 is 0.412 bits per heavy atom. The summed E-state index contributed by atoms with van der Waals surface area (Å²) in [6.07, 6.45) is 35.2. The highest BCUT2D eigenvalue weighted by molar-refractivity contribution is 5.71. The van der Waals surface area contributed by atoms with Crippen molar-refractivity contribution in [3.05, 3.63) is 0 Å². The number of unbranched alkanes of at least 4 members (excludes halogenated alkanes) is 23. The lowest BCUT2D eigenvalue weighted by Crippen LogP contribution is -2.30. The van der Waals surface area contributed by atoms with Crippen LogP contribution in [0.15, 0.2) is 0 Å². The molecule has 0 saturated heterocycles. The minimum absolute atomic E-state index is 0.0660. The van der Waals surface area contributed by atoms with Crippen LogP contribution in [-0.2, 0) is 28.6 Å². The average molecular weight is 723 g/mol. The molecule has 302 valence electrons. The summed E-state index contributed by atoms with van der Waals surface area (Å²) in [4.78, 5) is 37.6. The van der Waals surface area contributed by atoms with Gasteiger partial charge in [-0.3, -0.25) is 14.4 Å². The predicted molar refractivity (Wildman–Crippen MR) is 215 cm³/mol. The standard InChI is InChI=1S/C45H86O6/c1-6-8-9-10-11-12-13-14-15-19-25-30-35-43(46)49-38-42(39-50-44(47)36-31-26-22-21-23-28-33-40(3)4)51-45(48)37-32-27-20-17-16-18-24-29-34-41(5)7-2/h40-42H,6-39H2,1-5H3/t41?,42-/m0/s1. The molecule has 51 heavy (non-hydrogen) atoms. The van der Waals surface area contributed by atoms with Gasteiger partial charge in [-0.05, 0) is 31.1 Å². The summed E-state index contributed by atoms with van der Waals surface area (Å²) in [5.41, 5.74) is 0. The van der Waals surface area contributed by atoms with E-state index in [0.717, 1.165) is 69.6 Å². The highest BCUT2D eigenvalue weighted by atomic mass is 16.6. The molecule has 0 aliphatic rings. The highest BCUT2D eigenvalue weighted by Gasteiger charge is 2.19. The molecule has 0 saturated carbocycles. The third-order valence-corrected chi connectivity index (χ3v) is 10.3. The topological polar surface area (TPSA) is 78.9 Å². The van der Waals surface area contributed by atoms with E-state index >= 15 is 0 Å². The lowest BCUT2D eigenvalue weighted by atomic mass is 9.99. The van der Waals surface area contributed by atoms with Crippen LogP contribution in [0, 0.1) is 11.8 Å². The summed E-state index contributed by atoms with van der Waals surface area (Å²) in [6, 6.07) is 0. The van der Waals surface area contributed by atoms with Crippen molar-refractivity contribution in [3.63, 3.8) is 0 Å². The SMILES string of the molecule is CCCCCCCCCCCCCCC(=O)OC[C@@H](COC(=O)CCCCCCCCC(C)C)OC(=O)CCCCCCCCCCC(C)CC. The monoisotopic (exact) mass is 723 g/mol. The van der Waals surface area contributed by atoms with Gasteiger partial charge in [0.1, 0.15) is 13.2 Å². The molecular weight excluding hydrogens is 636 g/mol. The third kappa shape index (κ3) is 38.0. The first-order valence-electron chi connectivity index (χ1n) is 22.3. The lowest BCUT2D eigenvalue weighted by molar-refractivity contribution is -0.167. The van der Waals surface area contributed by atoms with Crippen LogP contribution in [-0.4, -0.2) is 37.2 Å². The smallest absolute Gasteiger partial charge is 0.306 e. The number of ether oxygens (including phenoxy) is 3. The van der Waals surface area contributed by atoms with Crippen LogP contribution in [0.25, 0.3) is 0 Å². The van der Waals surface area contributed by atoms with E-state index in [1.807, 2.05) is 0 Å². The Morgan fingerprint density at radius 2 is 0.745 bits per heavy atom. The quantitative estimate of drug-likeness (QED) is 0.0357. The van der Waals surface area contributed by atoms with Gasteiger partial charge in [-0.15, -0.1) is 0 Å². The fourth-order valence-electron chi connectivity index (χ4n) is 6.54. The van der Waals surface area contributed by atoms with Crippen molar-refractivity contribution in [1.29, 1.82) is 0 Å². The lowest BCUT2D eigenvalue weighted by Gasteiger charge is -2.18. The Hall–Kier alpha value is -1.59. The van der Waals surface area contributed by atoms with Crippen LogP contribution in [0.4, 0.5) is 0 Å². The molecule has 0 aromatic carbocycles. The molecule has 0 amide bonds. The molecule has 0 aliphatic carbocycles. The van der Waals surface area contributed by atoms with Gasteiger partial charge < -0.3 is 14.2 Å². The second kappa shape index (κ2) is 38.1. The molecule has 2 atom stereocenters. The number of esters is 3. The summed E-state index contributed by atoms with van der Waals surface area (Å²) < 4.78 is 16.7. The molecule has 0 rings (SSSR count). The van der Waals surface area contributed by atoms with Crippen LogP contribution in [0.2, 0.25) is 0 Å². The van der Waals surface area contributed by atoms with Gasteiger partial charge in [-0.2, -0.15) is 0 Å². The molecule has 0 aromatic rings. The summed E-state index contributed by atoms with van der Waals surface area (Å²) in [5.74, 6) is 0.743. The maximum atomic E-state index is 12.7. The zero-order valence-electron chi connectivity index (χ0n) is 34.7. The van der Waals surface area contributed by atoms with Gasteiger partial charge in [-0.25, -0.2) is 0 Å². The summed E-state index contributed by atoms with van der Waals surface area (Å²) in [7, 11) is 0. The molecule has 0 spiro atoms. The third-order valence-electron chi connectivity index (χ3n) is 10.3. The Bertz CT molecular complexity index is 781. The highest BCUT2D eigenvalue weighted by Crippen LogP contribution is 2.17. The fourth-order valence-corrected chi connectivity index (χ4v) is 6.54. The summed E-state index contributed by atoms with van der Waals surface area (Å²) in [5, 5.41) is 0. The molecular formula is C45H86O6. The van der Waals surface area contributed by atoms with Gasteiger partial charge in [-0.1, -0.05) is 202 Å². The number of hydrogen-bond acceptors (Lipinski definition) is 6.